The van der Waals surface area contributed by atoms with Gasteiger partial charge in [-0.05, 0) is 31.9 Å². The SMILES string of the molecule is Cc1cc(N2CCCC2)nc(NCCNS(=O)(=O)c2ccc(Cl)s2)n1. The number of thiophene rings is 1. The molecule has 1 aliphatic rings. The van der Waals surface area contributed by atoms with Crippen molar-refractivity contribution in [3.8, 4) is 0 Å². The summed E-state index contributed by atoms with van der Waals surface area (Å²) in [5.41, 5.74) is 0.883. The third-order valence-corrected chi connectivity index (χ3v) is 6.97. The summed E-state index contributed by atoms with van der Waals surface area (Å²) in [6.07, 6.45) is 2.36. The third-order valence-electron chi connectivity index (χ3n) is 3.78. The topological polar surface area (TPSA) is 87.2 Å². The largest absolute Gasteiger partial charge is 0.356 e. The lowest BCUT2D eigenvalue weighted by atomic mass is 10.4. The van der Waals surface area contributed by atoms with Crippen LogP contribution in [0, 0.1) is 6.92 Å². The highest BCUT2D eigenvalue weighted by atomic mass is 35.5. The molecule has 0 spiro atoms. The van der Waals surface area contributed by atoms with E-state index in [1.807, 2.05) is 13.0 Å². The average molecular weight is 402 g/mol. The lowest BCUT2D eigenvalue weighted by molar-refractivity contribution is 0.585. The molecule has 0 radical (unpaired) electrons. The predicted molar refractivity (Wildman–Crippen MR) is 101 cm³/mol. The molecule has 2 aromatic heterocycles. The summed E-state index contributed by atoms with van der Waals surface area (Å²) in [4.78, 5) is 11.1. The van der Waals surface area contributed by atoms with Gasteiger partial charge in [0.15, 0.2) is 0 Å². The van der Waals surface area contributed by atoms with Gasteiger partial charge in [-0.1, -0.05) is 11.6 Å². The van der Waals surface area contributed by atoms with Gasteiger partial charge in [0.25, 0.3) is 0 Å². The number of hydrogen-bond donors (Lipinski definition) is 2. The summed E-state index contributed by atoms with van der Waals surface area (Å²) in [6.45, 7) is 4.57. The fraction of sp³-hybridized carbons (Fsp3) is 0.467. The number of nitrogens with zero attached hydrogens (tertiary/aromatic N) is 3. The van der Waals surface area contributed by atoms with Crippen LogP contribution in [-0.4, -0.2) is 44.6 Å². The Balaban J connectivity index is 1.55. The highest BCUT2D eigenvalue weighted by Crippen LogP contribution is 2.25. The van der Waals surface area contributed by atoms with Crippen LogP contribution in [0.5, 0.6) is 0 Å². The van der Waals surface area contributed by atoms with Crippen molar-refractivity contribution < 1.29 is 8.42 Å². The molecule has 10 heteroatoms. The van der Waals surface area contributed by atoms with Crippen molar-refractivity contribution in [2.45, 2.75) is 24.0 Å². The van der Waals surface area contributed by atoms with Gasteiger partial charge in [-0.3, -0.25) is 0 Å². The van der Waals surface area contributed by atoms with E-state index in [2.05, 4.69) is 24.9 Å². The number of nitrogens with one attached hydrogen (secondary N) is 2. The molecule has 25 heavy (non-hydrogen) atoms. The van der Waals surface area contributed by atoms with Crippen LogP contribution >= 0.6 is 22.9 Å². The summed E-state index contributed by atoms with van der Waals surface area (Å²) in [7, 11) is -3.53. The summed E-state index contributed by atoms with van der Waals surface area (Å²) in [5.74, 6) is 1.43. The Labute approximate surface area is 156 Å². The van der Waals surface area contributed by atoms with Crippen molar-refractivity contribution >= 4 is 44.7 Å². The molecule has 136 valence electrons. The van der Waals surface area contributed by atoms with E-state index >= 15 is 0 Å². The van der Waals surface area contributed by atoms with E-state index in [0.717, 1.165) is 35.9 Å². The molecule has 0 aromatic carbocycles. The van der Waals surface area contributed by atoms with Gasteiger partial charge in [-0.2, -0.15) is 4.98 Å². The lowest BCUT2D eigenvalue weighted by Gasteiger charge is -2.17. The van der Waals surface area contributed by atoms with Crippen molar-refractivity contribution in [2.24, 2.45) is 0 Å². The first-order valence-corrected chi connectivity index (χ1v) is 10.7. The van der Waals surface area contributed by atoms with Crippen molar-refractivity contribution in [1.29, 1.82) is 0 Å². The molecule has 0 unspecified atom stereocenters. The lowest BCUT2D eigenvalue weighted by Crippen LogP contribution is -2.29. The minimum atomic E-state index is -3.53. The van der Waals surface area contributed by atoms with Crippen LogP contribution in [-0.2, 0) is 10.0 Å². The average Bonchev–Trinajstić information content (AvgIpc) is 3.23. The van der Waals surface area contributed by atoms with Gasteiger partial charge >= 0.3 is 0 Å². The molecule has 1 saturated heterocycles. The first-order chi connectivity index (χ1) is 11.9. The Morgan fingerprint density at radius 1 is 1.24 bits per heavy atom. The summed E-state index contributed by atoms with van der Waals surface area (Å²) in [6, 6.07) is 5.04. The molecule has 1 aliphatic heterocycles. The summed E-state index contributed by atoms with van der Waals surface area (Å²) < 4.78 is 27.4. The molecule has 3 heterocycles. The molecule has 0 atom stereocenters. The molecule has 0 aliphatic carbocycles. The van der Waals surface area contributed by atoms with Gasteiger partial charge < -0.3 is 10.2 Å². The smallest absolute Gasteiger partial charge is 0.250 e. The normalized spacial score (nSPS) is 14.9. The van der Waals surface area contributed by atoms with Crippen molar-refractivity contribution in [1.82, 2.24) is 14.7 Å². The Hall–Kier alpha value is -1.42. The van der Waals surface area contributed by atoms with Gasteiger partial charge in [0.05, 0.1) is 4.34 Å². The number of halogens is 1. The second-order valence-corrected chi connectivity index (χ2v) is 9.48. The van der Waals surface area contributed by atoms with Crippen LogP contribution in [0.3, 0.4) is 0 Å². The van der Waals surface area contributed by atoms with Crippen LogP contribution in [0.25, 0.3) is 0 Å². The number of anilines is 2. The Kier molecular flexibility index (Phi) is 5.78. The monoisotopic (exact) mass is 401 g/mol. The zero-order valence-corrected chi connectivity index (χ0v) is 16.2. The standard InChI is InChI=1S/C15H20ClN5O2S2/c1-11-10-13(21-8-2-3-9-21)20-15(19-11)17-6-7-18-25(22,23)14-5-4-12(16)24-14/h4-5,10,18H,2-3,6-9H2,1H3,(H,17,19,20). The zero-order chi connectivity index (χ0) is 17.9. The number of hydrogen-bond acceptors (Lipinski definition) is 7. The fourth-order valence-electron chi connectivity index (χ4n) is 2.61. The number of aromatic nitrogens is 2. The van der Waals surface area contributed by atoms with Crippen LogP contribution in [0.2, 0.25) is 4.34 Å². The molecule has 2 aromatic rings. The summed E-state index contributed by atoms with van der Waals surface area (Å²) in [5, 5.41) is 3.08. The fourth-order valence-corrected chi connectivity index (χ4v) is 5.17. The van der Waals surface area contributed by atoms with E-state index in [9.17, 15) is 8.42 Å². The molecular weight excluding hydrogens is 382 g/mol. The molecule has 0 bridgehead atoms. The molecule has 0 amide bonds. The maximum absolute atomic E-state index is 12.1. The Morgan fingerprint density at radius 2 is 2.00 bits per heavy atom. The first kappa shape index (κ1) is 18.4. The van der Waals surface area contributed by atoms with Gasteiger partial charge in [-0.25, -0.2) is 18.1 Å². The molecular formula is C15H20ClN5O2S2. The van der Waals surface area contributed by atoms with Crippen LogP contribution in [0.1, 0.15) is 18.5 Å². The minimum absolute atomic E-state index is 0.209. The van der Waals surface area contributed by atoms with E-state index in [4.69, 9.17) is 11.6 Å². The molecule has 2 N–H and O–H groups in total. The summed E-state index contributed by atoms with van der Waals surface area (Å²) >= 11 is 6.82. The maximum atomic E-state index is 12.1. The Bertz CT molecular complexity index is 834. The minimum Gasteiger partial charge on any atom is -0.356 e. The number of sulfonamides is 1. The molecule has 0 saturated carbocycles. The number of aryl methyl sites for hydroxylation is 1. The van der Waals surface area contributed by atoms with Crippen molar-refractivity contribution in [3.63, 3.8) is 0 Å². The third kappa shape index (κ3) is 4.81. The first-order valence-electron chi connectivity index (χ1n) is 8.03. The van der Waals surface area contributed by atoms with Gasteiger partial charge in [0, 0.05) is 37.9 Å². The quantitative estimate of drug-likeness (QED) is 0.693. The molecule has 1 fully saturated rings. The van der Waals surface area contributed by atoms with E-state index in [-0.39, 0.29) is 10.8 Å². The van der Waals surface area contributed by atoms with Crippen LogP contribution < -0.4 is 14.9 Å². The highest BCUT2D eigenvalue weighted by Gasteiger charge is 2.17. The highest BCUT2D eigenvalue weighted by molar-refractivity contribution is 7.91. The van der Waals surface area contributed by atoms with E-state index < -0.39 is 10.0 Å². The van der Waals surface area contributed by atoms with Crippen molar-refractivity contribution in [2.75, 3.05) is 36.4 Å². The van der Waals surface area contributed by atoms with Gasteiger partial charge in [0.1, 0.15) is 10.0 Å². The van der Waals surface area contributed by atoms with Gasteiger partial charge in [0.2, 0.25) is 16.0 Å². The maximum Gasteiger partial charge on any atom is 0.250 e. The number of rotatable bonds is 7. The second kappa shape index (κ2) is 7.86. The predicted octanol–water partition coefficient (Wildman–Crippen LogP) is 2.49. The van der Waals surface area contributed by atoms with E-state index in [1.54, 1.807) is 6.07 Å². The van der Waals surface area contributed by atoms with E-state index in [1.165, 1.54) is 18.9 Å². The second-order valence-electron chi connectivity index (χ2n) is 5.77. The Morgan fingerprint density at radius 3 is 2.68 bits per heavy atom. The molecule has 7 nitrogen and oxygen atoms in total. The molecule has 3 rings (SSSR count). The van der Waals surface area contributed by atoms with E-state index in [0.29, 0.717) is 16.8 Å². The van der Waals surface area contributed by atoms with Crippen molar-refractivity contribution in [3.05, 3.63) is 28.2 Å². The van der Waals surface area contributed by atoms with Crippen LogP contribution in [0.15, 0.2) is 22.4 Å². The zero-order valence-electron chi connectivity index (χ0n) is 13.8. The van der Waals surface area contributed by atoms with Gasteiger partial charge in [-0.15, -0.1) is 11.3 Å². The van der Waals surface area contributed by atoms with Crippen LogP contribution in [0.4, 0.5) is 11.8 Å².